The van der Waals surface area contributed by atoms with Crippen LogP contribution in [0.5, 0.6) is 0 Å². The third-order valence-corrected chi connectivity index (χ3v) is 10.4. The van der Waals surface area contributed by atoms with Crippen LogP contribution >= 0.6 is 0 Å². The summed E-state index contributed by atoms with van der Waals surface area (Å²) in [6.07, 6.45) is 7.86. The van der Waals surface area contributed by atoms with Crippen LogP contribution in [-0.4, -0.2) is 67.1 Å². The van der Waals surface area contributed by atoms with Crippen LogP contribution in [0.1, 0.15) is 61.7 Å². The van der Waals surface area contributed by atoms with Crippen LogP contribution < -0.4 is 15.5 Å². The van der Waals surface area contributed by atoms with Crippen molar-refractivity contribution in [1.29, 1.82) is 0 Å². The van der Waals surface area contributed by atoms with Crippen molar-refractivity contribution in [2.45, 2.75) is 67.6 Å². The Bertz CT molecular complexity index is 1230. The van der Waals surface area contributed by atoms with Crippen LogP contribution in [0.4, 0.5) is 17.3 Å². The van der Waals surface area contributed by atoms with E-state index in [1.165, 1.54) is 12.8 Å². The highest BCUT2D eigenvalue weighted by molar-refractivity contribution is 7.92. The highest BCUT2D eigenvalue weighted by atomic mass is 32.2. The Morgan fingerprint density at radius 1 is 1.05 bits per heavy atom. The molecule has 2 aromatic rings. The number of amides is 1. The monoisotopic (exact) mass is 528 g/mol. The summed E-state index contributed by atoms with van der Waals surface area (Å²) in [5.41, 5.74) is 1.28. The molecule has 1 aromatic heterocycles. The predicted octanol–water partition coefficient (Wildman–Crippen LogP) is 3.20. The molecule has 3 fully saturated rings. The normalized spacial score (nSPS) is 19.4. The molecule has 1 amide bonds. The average Bonchev–Trinajstić information content (AvgIpc) is 3.41. The highest BCUT2D eigenvalue weighted by Gasteiger charge is 2.45. The summed E-state index contributed by atoms with van der Waals surface area (Å²) < 4.78 is 26.1. The fourth-order valence-electron chi connectivity index (χ4n) is 5.52. The second kappa shape index (κ2) is 10.6. The highest BCUT2D eigenvalue weighted by Crippen LogP contribution is 2.54. The zero-order chi connectivity index (χ0) is 26.0. The maximum absolute atomic E-state index is 13.5. The number of piperidine rings is 1. The molecule has 5 rings (SSSR count). The van der Waals surface area contributed by atoms with Gasteiger partial charge in [0.15, 0.2) is 9.84 Å². The van der Waals surface area contributed by atoms with Crippen LogP contribution in [0.15, 0.2) is 41.3 Å². The number of nitrogens with zero attached hydrogens (tertiary/aromatic N) is 2. The zero-order valence-corrected chi connectivity index (χ0v) is 21.8. The van der Waals surface area contributed by atoms with E-state index in [4.69, 9.17) is 4.98 Å². The lowest BCUT2D eigenvalue weighted by Crippen LogP contribution is -2.37. The summed E-state index contributed by atoms with van der Waals surface area (Å²) >= 11 is 0. The minimum atomic E-state index is -3.44. The van der Waals surface area contributed by atoms with Gasteiger partial charge in [-0.05, 0) is 74.3 Å². The summed E-state index contributed by atoms with van der Waals surface area (Å²) in [4.78, 5) is 20.5. The van der Waals surface area contributed by atoms with Crippen LogP contribution in [-0.2, 0) is 9.84 Å². The number of anilines is 3. The Kier molecular flexibility index (Phi) is 7.42. The molecule has 0 radical (unpaired) electrons. The van der Waals surface area contributed by atoms with Crippen molar-refractivity contribution in [1.82, 2.24) is 4.98 Å². The van der Waals surface area contributed by atoms with Crippen molar-refractivity contribution < 1.29 is 23.4 Å². The van der Waals surface area contributed by atoms with E-state index in [9.17, 15) is 23.4 Å². The van der Waals surface area contributed by atoms with Crippen molar-refractivity contribution in [2.75, 3.05) is 41.8 Å². The van der Waals surface area contributed by atoms with Crippen molar-refractivity contribution in [3.8, 4) is 0 Å². The second-order valence-corrected chi connectivity index (χ2v) is 12.9. The molecule has 1 saturated heterocycles. The Labute approximate surface area is 218 Å². The third kappa shape index (κ3) is 5.61. The molecule has 200 valence electrons. The number of rotatable bonds is 9. The largest absolute Gasteiger partial charge is 0.394 e. The van der Waals surface area contributed by atoms with E-state index in [0.29, 0.717) is 41.1 Å². The van der Waals surface area contributed by atoms with Gasteiger partial charge in [-0.25, -0.2) is 13.4 Å². The molecule has 0 unspecified atom stereocenters. The van der Waals surface area contributed by atoms with Gasteiger partial charge in [-0.2, -0.15) is 0 Å². The molecule has 2 aliphatic carbocycles. The first-order valence-electron chi connectivity index (χ1n) is 13.2. The number of nitrogens with one attached hydrogen (secondary N) is 2. The van der Waals surface area contributed by atoms with E-state index in [1.807, 2.05) is 0 Å². The zero-order valence-electron chi connectivity index (χ0n) is 21.0. The number of pyridine rings is 1. The number of aliphatic hydroxyl groups is 2. The molecule has 0 atom stereocenters. The van der Waals surface area contributed by atoms with Gasteiger partial charge in [0, 0.05) is 18.8 Å². The molecule has 0 bridgehead atoms. The maximum Gasteiger partial charge on any atom is 0.259 e. The number of carbonyl (C=O) groups excluding carboxylic acids is 1. The standard InChI is InChI=1S/C27H36N4O5S/c32-17-20(18-33)28-24-9-8-23(25(30-24)31-14-12-27(10-11-27)13-15-31)26(34)29-19-4-3-7-22(16-19)37(35,36)21-5-1-2-6-21/h3-4,7-9,16,20-21,32-33H,1-2,5-6,10-15,17-18H2,(H,28,30)(H,29,34). The molecule has 2 heterocycles. The molecular formula is C27H36N4O5S. The first-order valence-corrected chi connectivity index (χ1v) is 14.8. The van der Waals surface area contributed by atoms with E-state index >= 15 is 0 Å². The molecule has 37 heavy (non-hydrogen) atoms. The summed E-state index contributed by atoms with van der Waals surface area (Å²) in [7, 11) is -3.44. The van der Waals surface area contributed by atoms with Crippen molar-refractivity contribution in [3.63, 3.8) is 0 Å². The van der Waals surface area contributed by atoms with Gasteiger partial charge >= 0.3 is 0 Å². The number of sulfone groups is 1. The quantitative estimate of drug-likeness (QED) is 0.390. The second-order valence-electron chi connectivity index (χ2n) is 10.7. The average molecular weight is 529 g/mol. The van der Waals surface area contributed by atoms with Crippen LogP contribution in [0.2, 0.25) is 0 Å². The number of aromatic nitrogens is 1. The van der Waals surface area contributed by atoms with E-state index < -0.39 is 15.9 Å². The van der Waals surface area contributed by atoms with Gasteiger partial charge in [-0.1, -0.05) is 18.9 Å². The number of aliphatic hydroxyl groups excluding tert-OH is 2. The molecule has 1 spiro atoms. The van der Waals surface area contributed by atoms with Gasteiger partial charge in [0.2, 0.25) is 0 Å². The van der Waals surface area contributed by atoms with Crippen molar-refractivity contribution in [2.24, 2.45) is 5.41 Å². The third-order valence-electron chi connectivity index (χ3n) is 8.15. The minimum Gasteiger partial charge on any atom is -0.394 e. The molecule has 2 saturated carbocycles. The molecule has 4 N–H and O–H groups in total. The number of hydrogen-bond acceptors (Lipinski definition) is 8. The molecule has 10 heteroatoms. The van der Waals surface area contributed by atoms with E-state index in [2.05, 4.69) is 15.5 Å². The molecule has 3 aliphatic rings. The SMILES string of the molecule is O=C(Nc1cccc(S(=O)(=O)C2CCCC2)c1)c1ccc(NC(CO)CO)nc1N1CCC2(CC1)CC2. The van der Waals surface area contributed by atoms with E-state index in [1.54, 1.807) is 36.4 Å². The topological polar surface area (TPSA) is 132 Å². The van der Waals surface area contributed by atoms with Gasteiger partial charge in [0.05, 0.1) is 35.0 Å². The molecule has 1 aromatic carbocycles. The minimum absolute atomic E-state index is 0.236. The summed E-state index contributed by atoms with van der Waals surface area (Å²) in [6.45, 7) is 1.11. The Hall–Kier alpha value is -2.69. The van der Waals surface area contributed by atoms with Crippen molar-refractivity contribution >= 4 is 33.1 Å². The van der Waals surface area contributed by atoms with Gasteiger partial charge in [0.1, 0.15) is 11.6 Å². The summed E-state index contributed by atoms with van der Waals surface area (Å²) in [5, 5.41) is 24.5. The number of benzene rings is 1. The first-order chi connectivity index (χ1) is 17.8. The van der Waals surface area contributed by atoms with Crippen LogP contribution in [0, 0.1) is 5.41 Å². The van der Waals surface area contributed by atoms with Gasteiger partial charge in [-0.3, -0.25) is 4.79 Å². The van der Waals surface area contributed by atoms with E-state index in [0.717, 1.165) is 38.8 Å². The van der Waals surface area contributed by atoms with Crippen LogP contribution in [0.3, 0.4) is 0 Å². The smallest absolute Gasteiger partial charge is 0.259 e. The van der Waals surface area contributed by atoms with Gasteiger partial charge in [-0.15, -0.1) is 0 Å². The lowest BCUT2D eigenvalue weighted by Gasteiger charge is -2.34. The fourth-order valence-corrected chi connectivity index (χ4v) is 7.41. The number of hydrogen-bond donors (Lipinski definition) is 4. The molecule has 9 nitrogen and oxygen atoms in total. The Morgan fingerprint density at radius 3 is 2.41 bits per heavy atom. The lowest BCUT2D eigenvalue weighted by atomic mass is 9.93. The Morgan fingerprint density at radius 2 is 1.76 bits per heavy atom. The summed E-state index contributed by atoms with van der Waals surface area (Å²) in [5.74, 6) is 0.649. The Balaban J connectivity index is 1.39. The van der Waals surface area contributed by atoms with Gasteiger partial charge in [0.25, 0.3) is 5.91 Å². The first kappa shape index (κ1) is 25.9. The summed E-state index contributed by atoms with van der Waals surface area (Å²) in [6, 6.07) is 9.28. The lowest BCUT2D eigenvalue weighted by molar-refractivity contribution is 0.102. The maximum atomic E-state index is 13.5. The van der Waals surface area contributed by atoms with Crippen LogP contribution in [0.25, 0.3) is 0 Å². The van der Waals surface area contributed by atoms with E-state index in [-0.39, 0.29) is 29.3 Å². The number of carbonyl (C=O) groups is 1. The molecular weight excluding hydrogens is 492 g/mol. The molecule has 1 aliphatic heterocycles. The fraction of sp³-hybridized carbons (Fsp3) is 0.556. The van der Waals surface area contributed by atoms with Gasteiger partial charge < -0.3 is 25.7 Å². The van der Waals surface area contributed by atoms with Crippen molar-refractivity contribution in [3.05, 3.63) is 42.0 Å². The predicted molar refractivity (Wildman–Crippen MR) is 143 cm³/mol.